The Bertz CT molecular complexity index is 4100. The second kappa shape index (κ2) is 36.7. The number of likely N-dealkylation sites (N-methyl/N-ethyl adjacent to an activating group) is 1. The first-order chi connectivity index (χ1) is 48.3. The number of aliphatic carboxylic acids is 1. The molecule has 8 rings (SSSR count). The molecular weight excluding hydrogens is 1350 g/mol. The van der Waals surface area contributed by atoms with E-state index in [1.165, 1.54) is 110 Å². The summed E-state index contributed by atoms with van der Waals surface area (Å²) in [5, 5.41) is 41.9. The number of hydrogen-bond donors (Lipinski definition) is 15. The lowest BCUT2D eigenvalue weighted by molar-refractivity contribution is -0.144. The maximum absolute atomic E-state index is 15.1. The number of carboxylic acid groups (broad SMARTS) is 1. The van der Waals surface area contributed by atoms with Crippen molar-refractivity contribution in [2.24, 2.45) is 17.4 Å². The molecule has 4 aromatic carbocycles. The average Bonchev–Trinajstić information content (AvgIpc) is 1.77. The van der Waals surface area contributed by atoms with Crippen molar-refractivity contribution in [3.8, 4) is 5.75 Å². The van der Waals surface area contributed by atoms with Gasteiger partial charge in [-0.3, -0.25) is 52.7 Å². The Balaban J connectivity index is 1.15. The van der Waals surface area contributed by atoms with Crippen LogP contribution in [0.2, 0.25) is 0 Å². The minimum Gasteiger partial charge on any atom is -0.508 e. The van der Waals surface area contributed by atoms with Crippen molar-refractivity contribution >= 4 is 110 Å². The van der Waals surface area contributed by atoms with Crippen LogP contribution in [-0.4, -0.2) is 180 Å². The monoisotopic (exact) mass is 1430 g/mol. The number of nitrogens with one attached hydrogen (secondary N) is 11. The number of aromatic amines is 3. The third kappa shape index (κ3) is 22.3. The van der Waals surface area contributed by atoms with Gasteiger partial charge in [-0.2, -0.15) is 23.5 Å². The second-order valence-corrected chi connectivity index (χ2v) is 27.0. The van der Waals surface area contributed by atoms with Gasteiger partial charge in [0.15, 0.2) is 0 Å². The molecule has 1 aliphatic heterocycles. The Morgan fingerprint density at radius 3 is 1.77 bits per heavy atom. The highest BCUT2D eigenvalue weighted by Gasteiger charge is 2.39. The highest BCUT2D eigenvalue weighted by atomic mass is 32.2. The number of thioether (sulfide) groups is 2. The fraction of sp³-hybridized carbons (Fsp3) is 0.391. The molecule has 28 nitrogen and oxygen atoms in total. The Labute approximate surface area is 588 Å². The summed E-state index contributed by atoms with van der Waals surface area (Å²) in [4.78, 5) is 171. The maximum atomic E-state index is 15.1. The zero-order chi connectivity index (χ0) is 72.9. The molecule has 4 heterocycles. The minimum atomic E-state index is -2.05. The molecule has 538 valence electrons. The van der Waals surface area contributed by atoms with Crippen LogP contribution in [-0.2, 0) is 89.9 Å². The van der Waals surface area contributed by atoms with Gasteiger partial charge in [0, 0.05) is 108 Å². The predicted molar refractivity (Wildman–Crippen MR) is 374 cm³/mol. The first-order valence-electron chi connectivity index (χ1n) is 32.7. The van der Waals surface area contributed by atoms with E-state index in [1.54, 1.807) is 13.8 Å². The molecule has 8 atom stereocenters. The normalized spacial score (nSPS) is 21.5. The molecule has 10 amide bonds. The van der Waals surface area contributed by atoms with E-state index in [1.807, 2.05) is 24.3 Å². The number of amides is 10. The van der Waals surface area contributed by atoms with Gasteiger partial charge in [0.05, 0.1) is 19.3 Å². The summed E-state index contributed by atoms with van der Waals surface area (Å²) in [6, 6.07) is 8.49. The van der Waals surface area contributed by atoms with Crippen molar-refractivity contribution in [1.82, 2.24) is 67.4 Å². The third-order valence-electron chi connectivity index (χ3n) is 16.8. The number of H-pyrrole nitrogens is 3. The van der Waals surface area contributed by atoms with E-state index in [2.05, 4.69) is 62.5 Å². The molecule has 2 bridgehead atoms. The molecular formula is C69H83F2N15O13S2. The zero-order valence-corrected chi connectivity index (χ0v) is 57.3. The molecule has 0 fully saturated rings. The second-order valence-electron chi connectivity index (χ2n) is 24.9. The smallest absolute Gasteiger partial charge is 0.305 e. The van der Waals surface area contributed by atoms with Gasteiger partial charge in [-0.15, -0.1) is 0 Å². The highest BCUT2D eigenvalue weighted by Crippen LogP contribution is 2.25. The molecule has 101 heavy (non-hydrogen) atoms. The molecule has 0 aliphatic carbocycles. The Morgan fingerprint density at radius 2 is 1.20 bits per heavy atom. The first-order valence-corrected chi connectivity index (χ1v) is 35.0. The maximum Gasteiger partial charge on any atom is 0.305 e. The van der Waals surface area contributed by atoms with E-state index >= 15 is 14.4 Å². The fourth-order valence-corrected chi connectivity index (χ4v) is 13.6. The predicted octanol–water partition coefficient (Wildman–Crippen LogP) is 2.28. The van der Waals surface area contributed by atoms with E-state index in [-0.39, 0.29) is 53.8 Å². The van der Waals surface area contributed by atoms with Crippen LogP contribution in [0.15, 0.2) is 110 Å². The third-order valence-corrected chi connectivity index (χ3v) is 19.0. The van der Waals surface area contributed by atoms with E-state index in [0.29, 0.717) is 64.2 Å². The molecule has 3 aromatic heterocycles. The Hall–Kier alpha value is -10.3. The summed E-state index contributed by atoms with van der Waals surface area (Å²) in [5.41, 5.74) is 15.5. The number of carboxylic acids is 1. The SMILES string of the molecule is CC(C)[C@H]1C(=O)N[C@H](C(N)=O)CSCc2cccc(c2)CSCCC(=O)N[C@@H](CCCCN)C(=O)NCC(=O)N[C@@H](Cc2c[nH]c3ccc(F)cc23)C(=O)N[C@@H](Cc2c[nH]c3ccc(F)cc23)C(=O)N[C@@H](CC(=O)O)C(=O)N[C@@H](Cc2cnc[nH]2)C(=O)N[C@@H](Cc2ccc(O)cc2)C(=O)N1C. The van der Waals surface area contributed by atoms with E-state index < -0.39 is 157 Å². The molecule has 0 unspecified atom stereocenters. The standard InChI is InChI=1S/C69H83F2N15O13S2/c1-37(2)61-68(98)85-57(62(73)92)35-101-34-40-8-6-7-39(21-40)33-100-20-18-58(88)79-51(9-4-5-19-72)63(93)77-32-59(89)80-52(23-41-29-75-49-16-12-43(70)25-47(41)49)64(94)81-53(24-42-30-76-50-17-13-44(71)26-48(42)50)65(95)83-55(28-60(90)91)67(97)82-54(27-45-31-74-36-78-45)66(96)84-56(69(99)86(61)3)22-38-10-14-46(87)15-11-38/h6-8,10-17,21,25-26,29-31,36-37,51-57,61,75-76,87H,4-5,9,18-20,22-24,27-28,32-35,72H2,1-3H3,(H2,73,92)(H,74,78)(H,77,93)(H,79,88)(H,80,89)(H,81,94)(H,82,97)(H,83,95)(H,84,96)(H,85,98)(H,90,91)/t51-,52-,53-,54-,55-,56-,57-,61-/m0/s1. The number of hydrogen-bond acceptors (Lipinski definition) is 16. The molecule has 7 aromatic rings. The van der Waals surface area contributed by atoms with Crippen LogP contribution < -0.4 is 54.0 Å². The van der Waals surface area contributed by atoms with Gasteiger partial charge in [0.1, 0.15) is 65.7 Å². The molecule has 17 N–H and O–H groups in total. The number of phenols is 1. The van der Waals surface area contributed by atoms with Crippen LogP contribution >= 0.6 is 23.5 Å². The van der Waals surface area contributed by atoms with Crippen LogP contribution in [0.4, 0.5) is 8.78 Å². The number of phenolic OH excluding ortho intramolecular Hbond substituents is 1. The number of fused-ring (bicyclic) bond motifs is 4. The number of benzene rings is 4. The number of carbonyl (C=O) groups excluding carboxylic acids is 10. The summed E-state index contributed by atoms with van der Waals surface area (Å²) in [7, 11) is 1.33. The zero-order valence-electron chi connectivity index (χ0n) is 55.7. The average molecular weight is 1430 g/mol. The molecule has 0 spiro atoms. The lowest BCUT2D eigenvalue weighted by Crippen LogP contribution is -2.61. The van der Waals surface area contributed by atoms with Crippen LogP contribution in [0, 0.1) is 17.6 Å². The van der Waals surface area contributed by atoms with Crippen molar-refractivity contribution < 1.29 is 71.7 Å². The highest BCUT2D eigenvalue weighted by molar-refractivity contribution is 7.98. The lowest BCUT2D eigenvalue weighted by atomic mass is 9.98. The topological polar surface area (TPSA) is 440 Å². The first kappa shape index (κ1) is 76.4. The lowest BCUT2D eigenvalue weighted by Gasteiger charge is -2.34. The summed E-state index contributed by atoms with van der Waals surface area (Å²) < 4.78 is 29.8. The number of unbranched alkanes of at least 4 members (excludes halogenated alkanes) is 1. The number of nitrogens with zero attached hydrogens (tertiary/aromatic N) is 2. The number of halogens is 2. The van der Waals surface area contributed by atoms with Crippen molar-refractivity contribution in [1.29, 1.82) is 0 Å². The number of nitrogens with two attached hydrogens (primary N) is 2. The van der Waals surface area contributed by atoms with E-state index in [0.717, 1.165) is 22.1 Å². The Kier molecular flexibility index (Phi) is 27.7. The van der Waals surface area contributed by atoms with E-state index in [9.17, 15) is 57.4 Å². The number of primary amides is 1. The number of aromatic nitrogens is 4. The van der Waals surface area contributed by atoms with Crippen molar-refractivity contribution in [2.45, 2.75) is 131 Å². The van der Waals surface area contributed by atoms with Crippen LogP contribution in [0.25, 0.3) is 21.8 Å². The summed E-state index contributed by atoms with van der Waals surface area (Å²) in [5.74, 6) is -11.6. The Morgan fingerprint density at radius 1 is 0.634 bits per heavy atom. The van der Waals surface area contributed by atoms with Crippen LogP contribution in [0.3, 0.4) is 0 Å². The minimum absolute atomic E-state index is 0.00542. The van der Waals surface area contributed by atoms with Gasteiger partial charge >= 0.3 is 5.97 Å². The van der Waals surface area contributed by atoms with Gasteiger partial charge in [0.25, 0.3) is 0 Å². The molecule has 32 heteroatoms. The van der Waals surface area contributed by atoms with Gasteiger partial charge in [-0.05, 0) is 108 Å². The van der Waals surface area contributed by atoms with Crippen molar-refractivity contribution in [2.75, 3.05) is 31.6 Å². The van der Waals surface area contributed by atoms with Gasteiger partial charge in [-0.25, -0.2) is 13.8 Å². The van der Waals surface area contributed by atoms with Crippen molar-refractivity contribution in [3.63, 3.8) is 0 Å². The fourth-order valence-electron chi connectivity index (χ4n) is 11.6. The summed E-state index contributed by atoms with van der Waals surface area (Å²) in [6.07, 6.45) is 3.92. The number of carbonyl (C=O) groups is 11. The summed E-state index contributed by atoms with van der Waals surface area (Å²) in [6.45, 7) is 2.87. The summed E-state index contributed by atoms with van der Waals surface area (Å²) >= 11 is 2.77. The number of rotatable bonds is 16. The van der Waals surface area contributed by atoms with Gasteiger partial charge < -0.3 is 84.1 Å². The number of imidazole rings is 1. The van der Waals surface area contributed by atoms with E-state index in [4.69, 9.17) is 11.5 Å². The molecule has 0 radical (unpaired) electrons. The van der Waals surface area contributed by atoms with Crippen LogP contribution in [0.5, 0.6) is 5.75 Å². The molecule has 1 aliphatic rings. The largest absolute Gasteiger partial charge is 0.508 e. The van der Waals surface area contributed by atoms with Gasteiger partial charge in [0.2, 0.25) is 59.1 Å². The van der Waals surface area contributed by atoms with Crippen molar-refractivity contribution in [3.05, 3.63) is 155 Å². The molecule has 0 saturated heterocycles. The van der Waals surface area contributed by atoms with Gasteiger partial charge in [-0.1, -0.05) is 50.2 Å². The quantitative estimate of drug-likeness (QED) is 0.0617. The number of aromatic hydroxyl groups is 1. The molecule has 0 saturated carbocycles. The van der Waals surface area contributed by atoms with Crippen LogP contribution in [0.1, 0.15) is 79.5 Å².